The maximum absolute atomic E-state index is 13.3. The van der Waals surface area contributed by atoms with Crippen molar-refractivity contribution in [2.45, 2.75) is 70.6 Å². The van der Waals surface area contributed by atoms with E-state index in [1.807, 2.05) is 52.0 Å². The summed E-state index contributed by atoms with van der Waals surface area (Å²) in [4.78, 5) is 18.8. The van der Waals surface area contributed by atoms with Crippen LogP contribution < -0.4 is 5.32 Å². The fraction of sp³-hybridized carbons (Fsp3) is 0.583. The lowest BCUT2D eigenvalue weighted by atomic mass is 10.2. The molecule has 1 aliphatic rings. The molecular weight excluding hydrogens is 440 g/mol. The molecule has 2 heterocycles. The van der Waals surface area contributed by atoms with Crippen LogP contribution in [-0.4, -0.2) is 54.7 Å². The van der Waals surface area contributed by atoms with Gasteiger partial charge in [0.15, 0.2) is 0 Å². The lowest BCUT2D eigenvalue weighted by Gasteiger charge is -2.26. The van der Waals surface area contributed by atoms with Gasteiger partial charge in [-0.25, -0.2) is 18.2 Å². The van der Waals surface area contributed by atoms with Crippen LogP contribution in [0.15, 0.2) is 35.6 Å². The van der Waals surface area contributed by atoms with Crippen LogP contribution in [0.4, 0.5) is 4.79 Å². The number of ether oxygens (including phenoxy) is 1. The molecule has 0 spiro atoms. The monoisotopic (exact) mass is 476 g/mol. The van der Waals surface area contributed by atoms with Crippen LogP contribution in [-0.2, 0) is 33.4 Å². The molecule has 1 saturated heterocycles. The van der Waals surface area contributed by atoms with Gasteiger partial charge in [-0.05, 0) is 38.2 Å². The number of aryl methyl sites for hydroxylation is 1. The molecule has 1 N–H and O–H groups in total. The first kappa shape index (κ1) is 25.2. The highest BCUT2D eigenvalue weighted by molar-refractivity contribution is 7.90. The van der Waals surface area contributed by atoms with Gasteiger partial charge in [-0.1, -0.05) is 43.7 Å². The third-order valence-corrected chi connectivity index (χ3v) is 7.18. The number of nitrogens with one attached hydrogen (secondary N) is 1. The molecule has 1 atom stereocenters. The number of amides is 2. The van der Waals surface area contributed by atoms with Gasteiger partial charge in [-0.3, -0.25) is 0 Å². The van der Waals surface area contributed by atoms with E-state index in [0.717, 1.165) is 24.0 Å². The van der Waals surface area contributed by atoms with Gasteiger partial charge in [0.1, 0.15) is 0 Å². The molecule has 0 saturated carbocycles. The maximum atomic E-state index is 13.3. The Kier molecular flexibility index (Phi) is 8.53. The van der Waals surface area contributed by atoms with Gasteiger partial charge in [-0.2, -0.15) is 0 Å². The van der Waals surface area contributed by atoms with Crippen LogP contribution in [0.3, 0.4) is 0 Å². The number of hydrogen-bond donors (Lipinski definition) is 1. The summed E-state index contributed by atoms with van der Waals surface area (Å²) in [5.41, 5.74) is 2.45. The van der Waals surface area contributed by atoms with Gasteiger partial charge in [0, 0.05) is 26.2 Å². The lowest BCUT2D eigenvalue weighted by molar-refractivity contribution is 0.0789. The number of rotatable bonds is 10. The smallest absolute Gasteiger partial charge is 0.317 e. The summed E-state index contributed by atoms with van der Waals surface area (Å²) in [7, 11) is -3.67. The number of urea groups is 1. The molecule has 1 aromatic carbocycles. The number of carbonyl (C=O) groups is 1. The number of nitrogens with zero attached hydrogens (tertiary/aromatic N) is 3. The van der Waals surface area contributed by atoms with Crippen molar-refractivity contribution < 1.29 is 17.9 Å². The molecule has 182 valence electrons. The predicted molar refractivity (Wildman–Crippen MR) is 128 cm³/mol. The Morgan fingerprint density at radius 1 is 1.36 bits per heavy atom. The van der Waals surface area contributed by atoms with Gasteiger partial charge >= 0.3 is 6.03 Å². The molecule has 33 heavy (non-hydrogen) atoms. The first-order valence-corrected chi connectivity index (χ1v) is 13.3. The van der Waals surface area contributed by atoms with Gasteiger partial charge in [0.25, 0.3) is 0 Å². The predicted octanol–water partition coefficient (Wildman–Crippen LogP) is 3.53. The van der Waals surface area contributed by atoms with E-state index >= 15 is 0 Å². The van der Waals surface area contributed by atoms with Crippen molar-refractivity contribution in [2.75, 3.05) is 19.7 Å². The Bertz CT molecular complexity index is 1040. The molecule has 2 amide bonds. The van der Waals surface area contributed by atoms with E-state index in [4.69, 9.17) is 4.74 Å². The highest BCUT2D eigenvalue weighted by Gasteiger charge is 2.28. The minimum atomic E-state index is -3.67. The summed E-state index contributed by atoms with van der Waals surface area (Å²) < 4.78 is 34.2. The SMILES string of the molecule is CCNC(=O)N(Cc1cnc(S(=O)(=O)Cc2cccc(C)c2)n1CC(C)C)C[C@H]1CCCO1. The Balaban J connectivity index is 1.90. The highest BCUT2D eigenvalue weighted by Crippen LogP contribution is 2.22. The van der Waals surface area contributed by atoms with Crippen molar-refractivity contribution in [1.29, 1.82) is 0 Å². The summed E-state index contributed by atoms with van der Waals surface area (Å²) in [5, 5.41) is 2.91. The standard InChI is InChI=1S/C24H36N4O4S/c1-5-25-23(29)27(16-22-10-7-11-32-22)15-21-13-26-24(28(21)14-18(2)3)33(30,31)17-20-9-6-8-19(4)12-20/h6,8-9,12-13,18,22H,5,7,10-11,14-17H2,1-4H3,(H,25,29)/t22-/m1/s1. The highest BCUT2D eigenvalue weighted by atomic mass is 32.2. The molecule has 0 unspecified atom stereocenters. The summed E-state index contributed by atoms with van der Waals surface area (Å²) in [5.74, 6) is 0.0982. The van der Waals surface area contributed by atoms with E-state index in [9.17, 15) is 13.2 Å². The van der Waals surface area contributed by atoms with Crippen LogP contribution in [0.1, 0.15) is 50.4 Å². The second-order valence-electron chi connectivity index (χ2n) is 9.14. The summed E-state index contributed by atoms with van der Waals surface area (Å²) >= 11 is 0. The summed E-state index contributed by atoms with van der Waals surface area (Å²) in [6.45, 7) is 10.3. The number of hydrogen-bond acceptors (Lipinski definition) is 5. The van der Waals surface area contributed by atoms with Crippen molar-refractivity contribution in [1.82, 2.24) is 19.8 Å². The van der Waals surface area contributed by atoms with Gasteiger partial charge in [0.05, 0.1) is 30.3 Å². The Hall–Kier alpha value is -2.39. The second-order valence-corrected chi connectivity index (χ2v) is 11.0. The van der Waals surface area contributed by atoms with Crippen molar-refractivity contribution in [2.24, 2.45) is 5.92 Å². The van der Waals surface area contributed by atoms with Crippen LogP contribution >= 0.6 is 0 Å². The minimum absolute atomic E-state index is 0.00130. The number of sulfone groups is 1. The van der Waals surface area contributed by atoms with Crippen LogP contribution in [0.5, 0.6) is 0 Å². The van der Waals surface area contributed by atoms with Gasteiger partial charge < -0.3 is 19.5 Å². The first-order chi connectivity index (χ1) is 15.7. The molecule has 9 heteroatoms. The third-order valence-electron chi connectivity index (χ3n) is 5.58. The largest absolute Gasteiger partial charge is 0.376 e. The average molecular weight is 477 g/mol. The molecule has 1 aliphatic heterocycles. The Morgan fingerprint density at radius 3 is 2.79 bits per heavy atom. The number of carbonyl (C=O) groups excluding carboxylic acids is 1. The molecule has 3 rings (SSSR count). The van der Waals surface area contributed by atoms with E-state index in [0.29, 0.717) is 31.9 Å². The minimum Gasteiger partial charge on any atom is -0.376 e. The van der Waals surface area contributed by atoms with Crippen molar-refractivity contribution in [3.63, 3.8) is 0 Å². The normalized spacial score (nSPS) is 16.3. The summed E-state index contributed by atoms with van der Waals surface area (Å²) in [6, 6.07) is 7.32. The van der Waals surface area contributed by atoms with Crippen LogP contribution in [0, 0.1) is 12.8 Å². The Morgan fingerprint density at radius 2 is 2.15 bits per heavy atom. The molecule has 0 radical (unpaired) electrons. The van der Waals surface area contributed by atoms with Gasteiger partial charge in [0.2, 0.25) is 15.0 Å². The third kappa shape index (κ3) is 6.80. The quantitative estimate of drug-likeness (QED) is 0.566. The maximum Gasteiger partial charge on any atom is 0.317 e. The van der Waals surface area contributed by atoms with Crippen molar-refractivity contribution in [3.05, 3.63) is 47.3 Å². The number of benzene rings is 1. The van der Waals surface area contributed by atoms with E-state index in [2.05, 4.69) is 10.3 Å². The fourth-order valence-electron chi connectivity index (χ4n) is 4.12. The first-order valence-electron chi connectivity index (χ1n) is 11.7. The Labute approximate surface area is 197 Å². The van der Waals surface area contributed by atoms with Crippen LogP contribution in [0.2, 0.25) is 0 Å². The topological polar surface area (TPSA) is 93.5 Å². The zero-order chi connectivity index (χ0) is 24.0. The van der Waals surface area contributed by atoms with E-state index in [-0.39, 0.29) is 35.5 Å². The van der Waals surface area contributed by atoms with Gasteiger partial charge in [-0.15, -0.1) is 0 Å². The van der Waals surface area contributed by atoms with Crippen LogP contribution in [0.25, 0.3) is 0 Å². The molecule has 1 fully saturated rings. The summed E-state index contributed by atoms with van der Waals surface area (Å²) in [6.07, 6.45) is 3.49. The molecular formula is C24H36N4O4S. The van der Waals surface area contributed by atoms with Crippen molar-refractivity contribution >= 4 is 15.9 Å². The molecule has 2 aromatic rings. The van der Waals surface area contributed by atoms with E-state index in [1.54, 1.807) is 15.7 Å². The molecule has 0 aliphatic carbocycles. The van der Waals surface area contributed by atoms with E-state index in [1.165, 1.54) is 0 Å². The fourth-order valence-corrected chi connectivity index (χ4v) is 5.61. The lowest BCUT2D eigenvalue weighted by Crippen LogP contribution is -2.43. The average Bonchev–Trinajstić information content (AvgIpc) is 3.37. The zero-order valence-corrected chi connectivity index (χ0v) is 20.9. The number of aromatic nitrogens is 2. The molecule has 0 bridgehead atoms. The number of imidazole rings is 1. The van der Waals surface area contributed by atoms with E-state index < -0.39 is 9.84 Å². The second kappa shape index (κ2) is 11.2. The molecule has 8 nitrogen and oxygen atoms in total. The molecule has 1 aromatic heterocycles. The van der Waals surface area contributed by atoms with Crippen molar-refractivity contribution in [3.8, 4) is 0 Å². The zero-order valence-electron chi connectivity index (χ0n) is 20.1.